The van der Waals surface area contributed by atoms with E-state index in [1.54, 1.807) is 14.2 Å². The number of aromatic nitrogens is 1. The average Bonchev–Trinajstić information content (AvgIpc) is 3.31. The van der Waals surface area contributed by atoms with Crippen LogP contribution < -0.4 is 9.47 Å². The molecule has 3 heterocycles. The molecule has 186 valence electrons. The van der Waals surface area contributed by atoms with Gasteiger partial charge in [-0.1, -0.05) is 6.07 Å². The van der Waals surface area contributed by atoms with E-state index in [1.165, 1.54) is 16.5 Å². The third-order valence-corrected chi connectivity index (χ3v) is 7.83. The van der Waals surface area contributed by atoms with E-state index in [9.17, 15) is 4.79 Å². The predicted molar refractivity (Wildman–Crippen MR) is 139 cm³/mol. The molecule has 0 atom stereocenters. The molecule has 3 aromatic rings. The number of fused-ring (bicyclic) bond motifs is 1. The van der Waals surface area contributed by atoms with Crippen LogP contribution in [0.2, 0.25) is 0 Å². The summed E-state index contributed by atoms with van der Waals surface area (Å²) in [5, 5.41) is 1.29. The fourth-order valence-electron chi connectivity index (χ4n) is 5.66. The van der Waals surface area contributed by atoms with Gasteiger partial charge < -0.3 is 24.1 Å². The van der Waals surface area contributed by atoms with Gasteiger partial charge in [-0.3, -0.25) is 4.79 Å². The Balaban J connectivity index is 1.54. The monoisotopic (exact) mass is 496 g/mol. The molecular weight excluding hydrogens is 464 g/mol. The van der Waals surface area contributed by atoms with E-state index < -0.39 is 0 Å². The van der Waals surface area contributed by atoms with Crippen LogP contribution in [0.25, 0.3) is 22.2 Å². The minimum absolute atomic E-state index is 0.0348. The lowest BCUT2D eigenvalue weighted by molar-refractivity contribution is -0.129. The fraction of sp³-hybridized carbons (Fsp3) is 0.464. The van der Waals surface area contributed by atoms with Crippen LogP contribution in [0, 0.1) is 0 Å². The number of halogens is 1. The normalized spacial score (nSPS) is 17.6. The summed E-state index contributed by atoms with van der Waals surface area (Å²) in [4.78, 5) is 17.6. The highest BCUT2D eigenvalue weighted by Gasteiger charge is 2.27. The number of piperidine rings is 1. The number of benzene rings is 2. The van der Waals surface area contributed by atoms with Crippen LogP contribution in [0.3, 0.4) is 0 Å². The highest BCUT2D eigenvalue weighted by atomic mass is 35.5. The molecule has 0 saturated carbocycles. The summed E-state index contributed by atoms with van der Waals surface area (Å²) in [6.07, 6.45) is 3.95. The summed E-state index contributed by atoms with van der Waals surface area (Å²) in [5.41, 5.74) is 6.10. The molecule has 0 unspecified atom stereocenters. The van der Waals surface area contributed by atoms with Crippen LogP contribution >= 0.6 is 11.6 Å². The number of alkyl halides is 1. The van der Waals surface area contributed by atoms with Crippen molar-refractivity contribution in [1.82, 2.24) is 9.88 Å². The van der Waals surface area contributed by atoms with Crippen molar-refractivity contribution in [3.8, 4) is 22.8 Å². The topological polar surface area (TPSA) is 63.8 Å². The number of methoxy groups -OCH3 is 2. The number of carbonyl (C=O) groups is 1. The van der Waals surface area contributed by atoms with Gasteiger partial charge in [-0.15, -0.1) is 11.6 Å². The van der Waals surface area contributed by atoms with Crippen LogP contribution in [-0.2, 0) is 9.53 Å². The van der Waals surface area contributed by atoms with E-state index in [1.807, 2.05) is 11.0 Å². The summed E-state index contributed by atoms with van der Waals surface area (Å²) in [5.74, 6) is 2.42. The van der Waals surface area contributed by atoms with Crippen molar-refractivity contribution < 1.29 is 19.0 Å². The number of hydrogen-bond acceptors (Lipinski definition) is 4. The van der Waals surface area contributed by atoms with Gasteiger partial charge in [-0.05, 0) is 79.0 Å². The maximum Gasteiger partial charge on any atom is 0.237 e. The Morgan fingerprint density at radius 3 is 2.43 bits per heavy atom. The number of rotatable bonds is 6. The number of amides is 1. The van der Waals surface area contributed by atoms with Crippen molar-refractivity contribution in [1.29, 1.82) is 0 Å². The second-order valence-electron chi connectivity index (χ2n) is 9.46. The SMILES string of the molecule is COc1ccc(-c2[nH]c3ccc(C4CCN(C(=O)CCl)CC4)cc3c2C2CCOCC2)cc1OC. The third-order valence-electron chi connectivity index (χ3n) is 7.60. The standard InChI is InChI=1S/C28H33ClN2O4/c1-33-24-6-4-21(16-25(24)34-2)28-27(19-9-13-35-14-10-19)22-15-20(3-5-23(22)30-28)18-7-11-31(12-8-18)26(32)17-29/h3-6,15-16,18-19,30H,7-14,17H2,1-2H3. The summed E-state index contributed by atoms with van der Waals surface area (Å²) >= 11 is 5.77. The largest absolute Gasteiger partial charge is 0.493 e. The molecule has 1 N–H and O–H groups in total. The first-order valence-electron chi connectivity index (χ1n) is 12.4. The Hall–Kier alpha value is -2.70. The Kier molecular flexibility index (Phi) is 7.21. The lowest BCUT2D eigenvalue weighted by atomic mass is 9.85. The molecule has 35 heavy (non-hydrogen) atoms. The zero-order valence-corrected chi connectivity index (χ0v) is 21.2. The van der Waals surface area contributed by atoms with E-state index in [2.05, 4.69) is 35.3 Å². The third kappa shape index (κ3) is 4.74. The molecule has 2 aromatic carbocycles. The van der Waals surface area contributed by atoms with Crippen LogP contribution in [-0.4, -0.2) is 62.2 Å². The van der Waals surface area contributed by atoms with Crippen molar-refractivity contribution in [2.24, 2.45) is 0 Å². The molecule has 2 aliphatic rings. The van der Waals surface area contributed by atoms with Crippen LogP contribution in [0.15, 0.2) is 36.4 Å². The molecular formula is C28H33ClN2O4. The van der Waals surface area contributed by atoms with Gasteiger partial charge in [0, 0.05) is 42.8 Å². The van der Waals surface area contributed by atoms with Gasteiger partial charge in [0.05, 0.1) is 19.9 Å². The molecule has 1 amide bonds. The van der Waals surface area contributed by atoms with Gasteiger partial charge in [0.15, 0.2) is 11.5 Å². The number of nitrogens with zero attached hydrogens (tertiary/aromatic N) is 1. The van der Waals surface area contributed by atoms with Gasteiger partial charge >= 0.3 is 0 Å². The Morgan fingerprint density at radius 1 is 1.00 bits per heavy atom. The lowest BCUT2D eigenvalue weighted by Crippen LogP contribution is -2.38. The first-order valence-corrected chi connectivity index (χ1v) is 13.0. The molecule has 0 spiro atoms. The van der Waals surface area contributed by atoms with Gasteiger partial charge in [-0.2, -0.15) is 0 Å². The number of likely N-dealkylation sites (tertiary alicyclic amines) is 1. The number of hydrogen-bond donors (Lipinski definition) is 1. The maximum atomic E-state index is 12.0. The highest BCUT2D eigenvalue weighted by molar-refractivity contribution is 6.27. The first-order chi connectivity index (χ1) is 17.1. The van der Waals surface area contributed by atoms with Crippen molar-refractivity contribution >= 4 is 28.4 Å². The second-order valence-corrected chi connectivity index (χ2v) is 9.73. The van der Waals surface area contributed by atoms with Crippen molar-refractivity contribution in [3.63, 3.8) is 0 Å². The van der Waals surface area contributed by atoms with Crippen LogP contribution in [0.1, 0.15) is 48.6 Å². The Morgan fingerprint density at radius 2 is 1.74 bits per heavy atom. The second kappa shape index (κ2) is 10.5. The highest BCUT2D eigenvalue weighted by Crippen LogP contribution is 2.43. The van der Waals surface area contributed by atoms with E-state index >= 15 is 0 Å². The summed E-state index contributed by atoms with van der Waals surface area (Å²) in [6, 6.07) is 13.0. The Bertz CT molecular complexity index is 1190. The molecule has 0 radical (unpaired) electrons. The van der Waals surface area contributed by atoms with Gasteiger partial charge in [0.25, 0.3) is 0 Å². The quantitative estimate of drug-likeness (QED) is 0.445. The van der Waals surface area contributed by atoms with Gasteiger partial charge in [-0.25, -0.2) is 0 Å². The molecule has 2 aliphatic heterocycles. The number of aromatic amines is 1. The lowest BCUT2D eigenvalue weighted by Gasteiger charge is -2.32. The zero-order chi connectivity index (χ0) is 24.4. The molecule has 2 fully saturated rings. The Labute approximate surface area is 211 Å². The molecule has 0 aliphatic carbocycles. The zero-order valence-electron chi connectivity index (χ0n) is 20.4. The summed E-state index contributed by atoms with van der Waals surface area (Å²) in [7, 11) is 3.33. The molecule has 6 nitrogen and oxygen atoms in total. The van der Waals surface area contributed by atoms with Crippen molar-refractivity contribution in [3.05, 3.63) is 47.5 Å². The number of H-pyrrole nitrogens is 1. The van der Waals surface area contributed by atoms with Crippen LogP contribution in [0.4, 0.5) is 0 Å². The molecule has 7 heteroatoms. The van der Waals surface area contributed by atoms with Gasteiger partial charge in [0.2, 0.25) is 5.91 Å². The van der Waals surface area contributed by atoms with E-state index in [0.29, 0.717) is 11.8 Å². The number of nitrogens with one attached hydrogen (secondary N) is 1. The number of carbonyl (C=O) groups excluding carboxylic acids is 1. The van der Waals surface area contributed by atoms with Crippen molar-refractivity contribution in [2.45, 2.75) is 37.5 Å². The smallest absolute Gasteiger partial charge is 0.237 e. The van der Waals surface area contributed by atoms with Crippen molar-refractivity contribution in [2.75, 3.05) is 46.4 Å². The molecule has 2 saturated heterocycles. The summed E-state index contributed by atoms with van der Waals surface area (Å²) in [6.45, 7) is 3.11. The molecule has 1 aromatic heterocycles. The van der Waals surface area contributed by atoms with E-state index in [-0.39, 0.29) is 11.8 Å². The minimum atomic E-state index is 0.0348. The minimum Gasteiger partial charge on any atom is -0.493 e. The van der Waals surface area contributed by atoms with E-state index in [4.69, 9.17) is 25.8 Å². The van der Waals surface area contributed by atoms with E-state index in [0.717, 1.165) is 80.3 Å². The van der Waals surface area contributed by atoms with Crippen LogP contribution in [0.5, 0.6) is 11.5 Å². The number of ether oxygens (including phenoxy) is 3. The maximum absolute atomic E-state index is 12.0. The predicted octanol–water partition coefficient (Wildman–Crippen LogP) is 5.69. The molecule has 5 rings (SSSR count). The average molecular weight is 497 g/mol. The first kappa shape index (κ1) is 24.0. The van der Waals surface area contributed by atoms with Gasteiger partial charge in [0.1, 0.15) is 5.88 Å². The molecule has 0 bridgehead atoms. The fourth-order valence-corrected chi connectivity index (χ4v) is 5.83. The summed E-state index contributed by atoms with van der Waals surface area (Å²) < 4.78 is 16.7.